The standard InChI is InChI=1S/C15H21Cl/c1-12-6-5-7-13(10-12)11-14(16)15(2)8-3-4-9-15/h5-7,10,14H,3-4,8-9,11H2,1-2H3. The van der Waals surface area contributed by atoms with Crippen LogP contribution in [-0.2, 0) is 6.42 Å². The molecule has 0 heterocycles. The predicted octanol–water partition coefficient (Wildman–Crippen LogP) is 4.73. The molecule has 1 aliphatic carbocycles. The molecule has 1 aromatic rings. The number of halogens is 1. The van der Waals surface area contributed by atoms with Gasteiger partial charge in [-0.15, -0.1) is 11.6 Å². The van der Waals surface area contributed by atoms with Crippen molar-refractivity contribution in [2.24, 2.45) is 5.41 Å². The lowest BCUT2D eigenvalue weighted by atomic mass is 9.82. The highest BCUT2D eigenvalue weighted by molar-refractivity contribution is 6.21. The van der Waals surface area contributed by atoms with Crippen LogP contribution in [-0.4, -0.2) is 5.38 Å². The summed E-state index contributed by atoms with van der Waals surface area (Å²) in [6, 6.07) is 8.73. The van der Waals surface area contributed by atoms with Crippen LogP contribution < -0.4 is 0 Å². The zero-order valence-corrected chi connectivity index (χ0v) is 11.1. The first kappa shape index (κ1) is 12.0. The van der Waals surface area contributed by atoms with Crippen molar-refractivity contribution in [3.63, 3.8) is 0 Å². The normalized spacial score (nSPS) is 20.9. The molecule has 1 aliphatic rings. The summed E-state index contributed by atoms with van der Waals surface area (Å²) >= 11 is 6.62. The maximum Gasteiger partial charge on any atom is 0.0430 e. The summed E-state index contributed by atoms with van der Waals surface area (Å²) in [4.78, 5) is 0. The Morgan fingerprint density at radius 2 is 2.00 bits per heavy atom. The molecule has 0 saturated heterocycles. The Labute approximate surface area is 104 Å². The fourth-order valence-corrected chi connectivity index (χ4v) is 3.18. The Morgan fingerprint density at radius 3 is 2.62 bits per heavy atom. The molecule has 0 amide bonds. The van der Waals surface area contributed by atoms with Crippen LogP contribution in [0.1, 0.15) is 43.7 Å². The second kappa shape index (κ2) is 4.79. The van der Waals surface area contributed by atoms with Gasteiger partial charge in [0.15, 0.2) is 0 Å². The molecule has 1 heteroatoms. The van der Waals surface area contributed by atoms with Gasteiger partial charge in [-0.3, -0.25) is 0 Å². The summed E-state index contributed by atoms with van der Waals surface area (Å²) in [7, 11) is 0. The molecule has 0 radical (unpaired) electrons. The fourth-order valence-electron chi connectivity index (χ4n) is 2.79. The first-order valence-electron chi connectivity index (χ1n) is 6.30. The van der Waals surface area contributed by atoms with Crippen LogP contribution in [0.15, 0.2) is 24.3 Å². The van der Waals surface area contributed by atoms with Crippen LogP contribution in [0.2, 0.25) is 0 Å². The average molecular weight is 237 g/mol. The summed E-state index contributed by atoms with van der Waals surface area (Å²) in [5.74, 6) is 0. The number of benzene rings is 1. The van der Waals surface area contributed by atoms with E-state index in [1.54, 1.807) is 0 Å². The van der Waals surface area contributed by atoms with Crippen LogP contribution >= 0.6 is 11.6 Å². The average Bonchev–Trinajstić information content (AvgIpc) is 2.66. The SMILES string of the molecule is Cc1cccc(CC(Cl)C2(C)CCCC2)c1. The molecule has 0 aliphatic heterocycles. The van der Waals surface area contributed by atoms with Gasteiger partial charge in [0.2, 0.25) is 0 Å². The monoisotopic (exact) mass is 236 g/mol. The third-order valence-electron chi connectivity index (χ3n) is 4.00. The van der Waals surface area contributed by atoms with E-state index >= 15 is 0 Å². The highest BCUT2D eigenvalue weighted by atomic mass is 35.5. The van der Waals surface area contributed by atoms with E-state index in [9.17, 15) is 0 Å². The third-order valence-corrected chi connectivity index (χ3v) is 4.68. The molecule has 88 valence electrons. The zero-order valence-electron chi connectivity index (χ0n) is 10.3. The molecule has 0 spiro atoms. The topological polar surface area (TPSA) is 0 Å². The molecule has 1 aromatic carbocycles. The molecule has 1 saturated carbocycles. The minimum Gasteiger partial charge on any atom is -0.122 e. The van der Waals surface area contributed by atoms with Crippen LogP contribution in [0.25, 0.3) is 0 Å². The summed E-state index contributed by atoms with van der Waals surface area (Å²) in [6.07, 6.45) is 6.32. The summed E-state index contributed by atoms with van der Waals surface area (Å²) < 4.78 is 0. The number of alkyl halides is 1. The van der Waals surface area contributed by atoms with E-state index in [2.05, 4.69) is 38.1 Å². The van der Waals surface area contributed by atoms with Crippen molar-refractivity contribution in [3.05, 3.63) is 35.4 Å². The van der Waals surface area contributed by atoms with E-state index in [-0.39, 0.29) is 5.38 Å². The fraction of sp³-hybridized carbons (Fsp3) is 0.600. The maximum absolute atomic E-state index is 6.62. The first-order chi connectivity index (χ1) is 7.60. The molecule has 0 bridgehead atoms. The van der Waals surface area contributed by atoms with Crippen molar-refractivity contribution in [1.29, 1.82) is 0 Å². The van der Waals surface area contributed by atoms with Gasteiger partial charge in [-0.25, -0.2) is 0 Å². The van der Waals surface area contributed by atoms with E-state index in [1.165, 1.54) is 36.8 Å². The minimum atomic E-state index is 0.289. The molecule has 1 atom stereocenters. The van der Waals surface area contributed by atoms with Crippen molar-refractivity contribution in [2.45, 2.75) is 51.3 Å². The smallest absolute Gasteiger partial charge is 0.0430 e. The second-order valence-electron chi connectivity index (χ2n) is 5.52. The maximum atomic E-state index is 6.62. The number of hydrogen-bond donors (Lipinski definition) is 0. The Balaban J connectivity index is 2.04. The molecule has 0 aromatic heterocycles. The van der Waals surface area contributed by atoms with Gasteiger partial charge < -0.3 is 0 Å². The van der Waals surface area contributed by atoms with Gasteiger partial charge in [0.1, 0.15) is 0 Å². The molecule has 0 N–H and O–H groups in total. The highest BCUT2D eigenvalue weighted by Crippen LogP contribution is 2.43. The van der Waals surface area contributed by atoms with Gasteiger partial charge in [-0.05, 0) is 37.2 Å². The predicted molar refractivity (Wildman–Crippen MR) is 71.1 cm³/mol. The summed E-state index contributed by atoms with van der Waals surface area (Å²) in [5.41, 5.74) is 3.08. The Bertz CT molecular complexity index is 350. The largest absolute Gasteiger partial charge is 0.122 e. The lowest BCUT2D eigenvalue weighted by Gasteiger charge is -2.29. The number of hydrogen-bond acceptors (Lipinski definition) is 0. The third kappa shape index (κ3) is 2.60. The van der Waals surface area contributed by atoms with Gasteiger partial charge >= 0.3 is 0 Å². The van der Waals surface area contributed by atoms with E-state index in [0.29, 0.717) is 5.41 Å². The van der Waals surface area contributed by atoms with Crippen LogP contribution in [0.5, 0.6) is 0 Å². The molecular weight excluding hydrogens is 216 g/mol. The molecule has 1 fully saturated rings. The van der Waals surface area contributed by atoms with E-state index < -0.39 is 0 Å². The van der Waals surface area contributed by atoms with Gasteiger partial charge in [0, 0.05) is 5.38 Å². The number of rotatable bonds is 3. The van der Waals surface area contributed by atoms with Crippen molar-refractivity contribution in [2.75, 3.05) is 0 Å². The summed E-state index contributed by atoms with van der Waals surface area (Å²) in [5, 5.41) is 0.289. The first-order valence-corrected chi connectivity index (χ1v) is 6.73. The van der Waals surface area contributed by atoms with E-state index in [0.717, 1.165) is 6.42 Å². The van der Waals surface area contributed by atoms with Gasteiger partial charge in [0.05, 0.1) is 0 Å². The van der Waals surface area contributed by atoms with Gasteiger partial charge in [0.25, 0.3) is 0 Å². The van der Waals surface area contributed by atoms with Gasteiger partial charge in [-0.1, -0.05) is 49.6 Å². The van der Waals surface area contributed by atoms with E-state index in [4.69, 9.17) is 11.6 Å². The molecule has 2 rings (SSSR count). The summed E-state index contributed by atoms with van der Waals surface area (Å²) in [6.45, 7) is 4.50. The molecule has 16 heavy (non-hydrogen) atoms. The minimum absolute atomic E-state index is 0.289. The molecule has 0 nitrogen and oxygen atoms in total. The van der Waals surface area contributed by atoms with E-state index in [1.807, 2.05) is 0 Å². The van der Waals surface area contributed by atoms with Crippen LogP contribution in [0.3, 0.4) is 0 Å². The Morgan fingerprint density at radius 1 is 1.31 bits per heavy atom. The Kier molecular flexibility index (Phi) is 3.59. The van der Waals surface area contributed by atoms with Crippen LogP contribution in [0.4, 0.5) is 0 Å². The number of aryl methyl sites for hydroxylation is 1. The molecular formula is C15H21Cl. The lowest BCUT2D eigenvalue weighted by molar-refractivity contribution is 0.316. The van der Waals surface area contributed by atoms with Crippen molar-refractivity contribution in [3.8, 4) is 0 Å². The van der Waals surface area contributed by atoms with Crippen LogP contribution in [0, 0.1) is 12.3 Å². The van der Waals surface area contributed by atoms with Crippen molar-refractivity contribution < 1.29 is 0 Å². The quantitative estimate of drug-likeness (QED) is 0.666. The molecule has 1 unspecified atom stereocenters. The lowest BCUT2D eigenvalue weighted by Crippen LogP contribution is -2.26. The van der Waals surface area contributed by atoms with Gasteiger partial charge in [-0.2, -0.15) is 0 Å². The zero-order chi connectivity index (χ0) is 11.6. The van der Waals surface area contributed by atoms with Crippen molar-refractivity contribution >= 4 is 11.6 Å². The highest BCUT2D eigenvalue weighted by Gasteiger charge is 2.35. The van der Waals surface area contributed by atoms with Crippen molar-refractivity contribution in [1.82, 2.24) is 0 Å². The Hall–Kier alpha value is -0.490. The second-order valence-corrected chi connectivity index (χ2v) is 6.05.